The Kier molecular flexibility index (Phi) is 8.37. The van der Waals surface area contributed by atoms with Crippen LogP contribution in [0.15, 0.2) is 54.6 Å². The summed E-state index contributed by atoms with van der Waals surface area (Å²) in [7, 11) is 1.38. The van der Waals surface area contributed by atoms with E-state index in [9.17, 15) is 9.59 Å². The average molecular weight is 562 g/mol. The van der Waals surface area contributed by atoms with Gasteiger partial charge in [-0.2, -0.15) is 0 Å². The number of hydrogen-bond acceptors (Lipinski definition) is 5. The summed E-state index contributed by atoms with van der Waals surface area (Å²) in [5, 5.41) is 4.48. The van der Waals surface area contributed by atoms with Crippen LogP contribution in [0.2, 0.25) is 0 Å². The van der Waals surface area contributed by atoms with Crippen LogP contribution in [0.1, 0.15) is 61.0 Å². The van der Waals surface area contributed by atoms with E-state index in [0.717, 1.165) is 61.1 Å². The van der Waals surface area contributed by atoms with Crippen LogP contribution < -0.4 is 10.2 Å². The molecule has 1 saturated carbocycles. The number of carbonyl (C=O) groups is 2. The van der Waals surface area contributed by atoms with E-state index in [1.165, 1.54) is 12.7 Å². The monoisotopic (exact) mass is 561 g/mol. The number of carbonyl (C=O) groups excluding carboxylic acids is 2. The lowest BCUT2D eigenvalue weighted by Gasteiger charge is -2.44. The second-order valence-electron chi connectivity index (χ2n) is 12.2. The van der Waals surface area contributed by atoms with Crippen molar-refractivity contribution in [2.45, 2.75) is 64.3 Å². The number of para-hydroxylation sites is 1. The highest BCUT2D eigenvalue weighted by Gasteiger charge is 2.42. The maximum absolute atomic E-state index is 13.7. The highest BCUT2D eigenvalue weighted by Crippen LogP contribution is 2.39. The number of anilines is 1. The van der Waals surface area contributed by atoms with Crippen molar-refractivity contribution in [2.24, 2.45) is 17.3 Å². The van der Waals surface area contributed by atoms with Crippen molar-refractivity contribution in [3.8, 4) is 0 Å². The molecule has 1 aromatic heterocycles. The van der Waals surface area contributed by atoms with Gasteiger partial charge in [-0.05, 0) is 79.3 Å². The molecule has 0 bridgehead atoms. The van der Waals surface area contributed by atoms with Crippen LogP contribution in [0.3, 0.4) is 0 Å². The predicted octanol–water partition coefficient (Wildman–Crippen LogP) is 6.32. The number of aromatic nitrogens is 1. The van der Waals surface area contributed by atoms with Crippen molar-refractivity contribution in [1.82, 2.24) is 10.3 Å². The van der Waals surface area contributed by atoms with Gasteiger partial charge in [0.15, 0.2) is 0 Å². The summed E-state index contributed by atoms with van der Waals surface area (Å²) in [5.41, 5.74) is 3.63. The number of hydrogen-bond donors (Lipinski definition) is 1. The quantitative estimate of drug-likeness (QED) is 0.270. The molecule has 2 heterocycles. The molecule has 0 spiro atoms. The second kappa shape index (κ2) is 11.8. The number of esters is 1. The minimum absolute atomic E-state index is 0.0631. The van der Waals surface area contributed by atoms with E-state index in [1.54, 1.807) is 12.1 Å². The van der Waals surface area contributed by atoms with Gasteiger partial charge in [0.05, 0.1) is 18.2 Å². The first-order valence-electron chi connectivity index (χ1n) is 14.4. The van der Waals surface area contributed by atoms with E-state index >= 15 is 0 Å². The Morgan fingerprint density at radius 3 is 2.60 bits per heavy atom. The standard InChI is InChI=1S/C33H40ClN3O3/c1-21-7-5-8-23-15-16-29(36-30(21)23)37-18-17-26(33(2,3)20-37)31(38)35-28-10-6-9-25(28)27(34)19-22-11-13-24(14-12-22)32(39)40-4/h5,7-8,11-16,25-28H,6,9-10,17-20H2,1-4H3,(H,35,38)/t25-,26-,27?,28?/m1/s1. The summed E-state index contributed by atoms with van der Waals surface area (Å²) in [4.78, 5) is 32.7. The molecule has 6 nitrogen and oxygen atoms in total. The zero-order valence-electron chi connectivity index (χ0n) is 24.0. The van der Waals surface area contributed by atoms with E-state index in [1.807, 2.05) is 12.1 Å². The maximum Gasteiger partial charge on any atom is 0.337 e. The first-order chi connectivity index (χ1) is 19.2. The summed E-state index contributed by atoms with van der Waals surface area (Å²) >= 11 is 6.95. The minimum atomic E-state index is -0.343. The van der Waals surface area contributed by atoms with Crippen LogP contribution in [-0.2, 0) is 16.0 Å². The molecule has 7 heteroatoms. The molecule has 1 aliphatic heterocycles. The summed E-state index contributed by atoms with van der Waals surface area (Å²) in [5.74, 6) is 0.945. The number of fused-ring (bicyclic) bond motifs is 1. The van der Waals surface area contributed by atoms with E-state index in [-0.39, 0.29) is 40.5 Å². The number of pyridine rings is 1. The Labute approximate surface area is 242 Å². The number of ether oxygens (including phenoxy) is 1. The molecule has 0 radical (unpaired) electrons. The van der Waals surface area contributed by atoms with Gasteiger partial charge in [-0.3, -0.25) is 4.79 Å². The van der Waals surface area contributed by atoms with Crippen LogP contribution in [0, 0.1) is 24.2 Å². The molecule has 4 atom stereocenters. The zero-order valence-corrected chi connectivity index (χ0v) is 24.7. The molecular formula is C33H40ClN3O3. The van der Waals surface area contributed by atoms with Gasteiger partial charge in [0, 0.05) is 35.8 Å². The zero-order chi connectivity index (χ0) is 28.4. The van der Waals surface area contributed by atoms with Gasteiger partial charge in [-0.1, -0.05) is 50.6 Å². The first-order valence-corrected chi connectivity index (χ1v) is 14.8. The van der Waals surface area contributed by atoms with Crippen LogP contribution in [0.5, 0.6) is 0 Å². The molecule has 1 saturated heterocycles. The van der Waals surface area contributed by atoms with Gasteiger partial charge >= 0.3 is 5.97 Å². The van der Waals surface area contributed by atoms with Crippen LogP contribution in [0.25, 0.3) is 10.9 Å². The fourth-order valence-corrected chi connectivity index (χ4v) is 7.13. The normalized spacial score (nSPS) is 23.1. The molecule has 2 unspecified atom stereocenters. The summed E-state index contributed by atoms with van der Waals surface area (Å²) in [6.45, 7) is 8.08. The number of nitrogens with zero attached hydrogens (tertiary/aromatic N) is 2. The SMILES string of the molecule is COC(=O)c1ccc(CC(Cl)[C@H]2CCCC2NC(=O)[C@H]2CCN(c3ccc4cccc(C)c4n3)CC2(C)C)cc1. The van der Waals surface area contributed by atoms with Crippen molar-refractivity contribution >= 4 is 40.2 Å². The average Bonchev–Trinajstić information content (AvgIpc) is 3.40. The fraction of sp³-hybridized carbons (Fsp3) is 0.485. The van der Waals surface area contributed by atoms with Gasteiger partial charge in [0.25, 0.3) is 0 Å². The van der Waals surface area contributed by atoms with Crippen molar-refractivity contribution in [3.63, 3.8) is 0 Å². The smallest absolute Gasteiger partial charge is 0.337 e. The fourth-order valence-electron chi connectivity index (χ4n) is 6.65. The second-order valence-corrected chi connectivity index (χ2v) is 12.7. The van der Waals surface area contributed by atoms with Crippen LogP contribution in [-0.4, -0.2) is 48.5 Å². The van der Waals surface area contributed by atoms with Crippen molar-refractivity contribution < 1.29 is 14.3 Å². The van der Waals surface area contributed by atoms with Gasteiger partial charge in [0.2, 0.25) is 5.91 Å². The largest absolute Gasteiger partial charge is 0.465 e. The van der Waals surface area contributed by atoms with Gasteiger partial charge < -0.3 is 15.0 Å². The third-order valence-electron chi connectivity index (χ3n) is 8.94. The molecular weight excluding hydrogens is 522 g/mol. The Bertz CT molecular complexity index is 1370. The highest BCUT2D eigenvalue weighted by atomic mass is 35.5. The lowest BCUT2D eigenvalue weighted by Crippen LogP contribution is -2.53. The summed E-state index contributed by atoms with van der Waals surface area (Å²) < 4.78 is 4.79. The minimum Gasteiger partial charge on any atom is -0.465 e. The highest BCUT2D eigenvalue weighted by molar-refractivity contribution is 6.21. The summed E-state index contributed by atoms with van der Waals surface area (Å²) in [6, 6.07) is 18.0. The summed E-state index contributed by atoms with van der Waals surface area (Å²) in [6.07, 6.45) is 4.52. The van der Waals surface area contributed by atoms with Gasteiger partial charge in [0.1, 0.15) is 5.82 Å². The lowest BCUT2D eigenvalue weighted by molar-refractivity contribution is -0.130. The number of amides is 1. The molecule has 2 aromatic carbocycles. The number of halogens is 1. The van der Waals surface area contributed by atoms with Crippen LogP contribution in [0.4, 0.5) is 5.82 Å². The Morgan fingerprint density at radius 1 is 1.10 bits per heavy atom. The van der Waals surface area contributed by atoms with E-state index < -0.39 is 0 Å². The third-order valence-corrected chi connectivity index (χ3v) is 9.42. The van der Waals surface area contributed by atoms with Crippen molar-refractivity contribution in [2.75, 3.05) is 25.1 Å². The van der Waals surface area contributed by atoms with Crippen molar-refractivity contribution in [3.05, 3.63) is 71.3 Å². The molecule has 212 valence electrons. The first kappa shape index (κ1) is 28.4. The molecule has 2 fully saturated rings. The molecule has 40 heavy (non-hydrogen) atoms. The molecule has 1 amide bonds. The maximum atomic E-state index is 13.7. The van der Waals surface area contributed by atoms with Gasteiger partial charge in [-0.25, -0.2) is 9.78 Å². The number of piperidine rings is 1. The van der Waals surface area contributed by atoms with Crippen LogP contribution >= 0.6 is 11.6 Å². The van der Waals surface area contributed by atoms with Gasteiger partial charge in [-0.15, -0.1) is 11.6 Å². The third kappa shape index (κ3) is 5.97. The topological polar surface area (TPSA) is 71.5 Å². The molecule has 1 N–H and O–H groups in total. The Hall–Kier alpha value is -3.12. The predicted molar refractivity (Wildman–Crippen MR) is 161 cm³/mol. The molecule has 5 rings (SSSR count). The van der Waals surface area contributed by atoms with E-state index in [0.29, 0.717) is 12.0 Å². The van der Waals surface area contributed by atoms with E-state index in [4.69, 9.17) is 21.3 Å². The molecule has 1 aliphatic carbocycles. The number of alkyl halides is 1. The number of rotatable bonds is 7. The number of benzene rings is 2. The number of aryl methyl sites for hydroxylation is 1. The molecule has 3 aromatic rings. The van der Waals surface area contributed by atoms with Crippen molar-refractivity contribution in [1.29, 1.82) is 0 Å². The number of methoxy groups -OCH3 is 1. The Balaban J connectivity index is 1.21. The number of nitrogens with one attached hydrogen (secondary N) is 1. The molecule has 2 aliphatic rings. The van der Waals surface area contributed by atoms with E-state index in [2.05, 4.69) is 61.3 Å². The lowest BCUT2D eigenvalue weighted by atomic mass is 9.73. The Morgan fingerprint density at radius 2 is 1.88 bits per heavy atom.